The molecule has 4 aliphatic rings. The number of para-hydroxylation sites is 1. The summed E-state index contributed by atoms with van der Waals surface area (Å²) >= 11 is 6.08. The number of aromatic nitrogens is 3. The summed E-state index contributed by atoms with van der Waals surface area (Å²) in [4.78, 5) is 24.8. The molecule has 4 aliphatic heterocycles. The normalized spacial score (nSPS) is 22.8. The largest absolute Gasteiger partial charge is 0.491 e. The Balaban J connectivity index is 1.02. The predicted molar refractivity (Wildman–Crippen MR) is 177 cm³/mol. The lowest BCUT2D eigenvalue weighted by Crippen LogP contribution is -2.35. The van der Waals surface area contributed by atoms with Crippen LogP contribution in [0, 0.1) is 5.92 Å². The maximum Gasteiger partial charge on any atom is 0.338 e. The highest BCUT2D eigenvalue weighted by molar-refractivity contribution is 6.30. The molecule has 8 rings (SSSR count). The van der Waals surface area contributed by atoms with Crippen LogP contribution in [0.1, 0.15) is 59.5 Å². The van der Waals surface area contributed by atoms with Crippen LogP contribution in [0.4, 0.5) is 0 Å². The van der Waals surface area contributed by atoms with Crippen molar-refractivity contribution < 1.29 is 33.2 Å². The molecule has 6 heterocycles. The van der Waals surface area contributed by atoms with E-state index in [4.69, 9.17) is 45.0 Å². The monoisotopic (exact) mass is 674 g/mol. The highest BCUT2D eigenvalue weighted by atomic mass is 35.5. The standard InChI is InChI=1S/C36H39ClN4O7/c1-36(31-7-6-25(37)16-38-31)47-29-5-3-4-27(34(29)48-36)23-8-11-40(12-9-23)18-32-39-33-28(41(32)17-26-10-13-45-26)14-24(35(42)43-2)15-30(33)46-21-22-19-44-20-22/h3-7,14-16,22-23,26H,8-13,17-21H2,1-2H3/t26-,36-/m0/s1. The molecular formula is C36H39ClN4O7. The fourth-order valence-corrected chi connectivity index (χ4v) is 7.06. The summed E-state index contributed by atoms with van der Waals surface area (Å²) in [5.41, 5.74) is 3.88. The van der Waals surface area contributed by atoms with Crippen molar-refractivity contribution in [1.82, 2.24) is 19.4 Å². The molecule has 12 heteroatoms. The van der Waals surface area contributed by atoms with Crippen molar-refractivity contribution in [1.29, 1.82) is 0 Å². The van der Waals surface area contributed by atoms with Gasteiger partial charge in [-0.1, -0.05) is 23.7 Å². The van der Waals surface area contributed by atoms with Crippen LogP contribution in [0.5, 0.6) is 17.2 Å². The van der Waals surface area contributed by atoms with Crippen LogP contribution < -0.4 is 14.2 Å². The Morgan fingerprint density at radius 1 is 1.10 bits per heavy atom. The number of piperidine rings is 1. The van der Waals surface area contributed by atoms with Gasteiger partial charge in [-0.3, -0.25) is 9.88 Å². The zero-order chi connectivity index (χ0) is 32.8. The van der Waals surface area contributed by atoms with E-state index in [-0.39, 0.29) is 6.10 Å². The third-order valence-corrected chi connectivity index (χ3v) is 10.1. The Hall–Kier alpha value is -3.90. The Kier molecular flexibility index (Phi) is 8.40. The van der Waals surface area contributed by atoms with Crippen LogP contribution in [0.2, 0.25) is 5.02 Å². The van der Waals surface area contributed by atoms with Crippen LogP contribution >= 0.6 is 11.6 Å². The van der Waals surface area contributed by atoms with Gasteiger partial charge in [0.05, 0.1) is 62.2 Å². The van der Waals surface area contributed by atoms with E-state index in [1.54, 1.807) is 18.3 Å². The number of hydrogen-bond donors (Lipinski definition) is 0. The van der Waals surface area contributed by atoms with Crippen LogP contribution in [0.25, 0.3) is 11.0 Å². The number of pyridine rings is 1. The molecule has 0 aliphatic carbocycles. The molecule has 3 saturated heterocycles. The summed E-state index contributed by atoms with van der Waals surface area (Å²) in [7, 11) is 1.39. The molecule has 0 bridgehead atoms. The second kappa shape index (κ2) is 12.9. The molecule has 4 aromatic rings. The average molecular weight is 675 g/mol. The van der Waals surface area contributed by atoms with E-state index in [1.807, 2.05) is 31.2 Å². The highest BCUT2D eigenvalue weighted by Gasteiger charge is 2.42. The van der Waals surface area contributed by atoms with Crippen molar-refractivity contribution in [2.45, 2.75) is 57.1 Å². The smallest absolute Gasteiger partial charge is 0.338 e. The molecule has 0 amide bonds. The molecule has 2 aromatic carbocycles. The van der Waals surface area contributed by atoms with Gasteiger partial charge in [-0.15, -0.1) is 0 Å². The maximum atomic E-state index is 12.7. The zero-order valence-corrected chi connectivity index (χ0v) is 27.9. The summed E-state index contributed by atoms with van der Waals surface area (Å²) in [6, 6.07) is 13.4. The van der Waals surface area contributed by atoms with Crippen LogP contribution in [-0.2, 0) is 33.1 Å². The number of carbonyl (C=O) groups excluding carboxylic acids is 1. The number of methoxy groups -OCH3 is 1. The first-order chi connectivity index (χ1) is 23.4. The fraction of sp³-hybridized carbons (Fsp3) is 0.472. The van der Waals surface area contributed by atoms with Gasteiger partial charge in [-0.2, -0.15) is 0 Å². The van der Waals surface area contributed by atoms with Crippen LogP contribution in [0.3, 0.4) is 0 Å². The lowest BCUT2D eigenvalue weighted by atomic mass is 9.88. The van der Waals surface area contributed by atoms with Gasteiger partial charge >= 0.3 is 5.97 Å². The van der Waals surface area contributed by atoms with Gasteiger partial charge in [0.2, 0.25) is 0 Å². The SMILES string of the molecule is COC(=O)c1cc(OCC2COC2)c2nc(CN3CCC(c4cccc5c4O[C@@](C)(c4ccc(Cl)cn4)O5)CC3)n(C[C@@H]3CCO3)c2c1. The van der Waals surface area contributed by atoms with E-state index in [0.29, 0.717) is 66.8 Å². The van der Waals surface area contributed by atoms with Crippen molar-refractivity contribution in [3.8, 4) is 17.2 Å². The summed E-state index contributed by atoms with van der Waals surface area (Å²) in [5.74, 6) is 2.27. The molecule has 252 valence electrons. The summed E-state index contributed by atoms with van der Waals surface area (Å²) in [6.07, 6.45) is 4.64. The van der Waals surface area contributed by atoms with E-state index in [0.717, 1.165) is 72.9 Å². The Labute approximate surface area is 284 Å². The van der Waals surface area contributed by atoms with Gasteiger partial charge in [0.1, 0.15) is 22.8 Å². The molecule has 2 aromatic heterocycles. The number of rotatable bonds is 10. The number of imidazole rings is 1. The first-order valence-corrected chi connectivity index (χ1v) is 17.0. The number of halogens is 1. The Morgan fingerprint density at radius 3 is 2.62 bits per heavy atom. The average Bonchev–Trinajstić information content (AvgIpc) is 3.59. The molecule has 0 radical (unpaired) electrons. The molecule has 0 saturated carbocycles. The third kappa shape index (κ3) is 5.97. The first-order valence-electron chi connectivity index (χ1n) is 16.7. The number of carbonyl (C=O) groups is 1. The van der Waals surface area contributed by atoms with E-state index < -0.39 is 11.8 Å². The minimum absolute atomic E-state index is 0.112. The van der Waals surface area contributed by atoms with Gasteiger partial charge in [0.15, 0.2) is 11.5 Å². The van der Waals surface area contributed by atoms with Crippen molar-refractivity contribution in [2.75, 3.05) is 46.6 Å². The Morgan fingerprint density at radius 2 is 1.94 bits per heavy atom. The molecule has 11 nitrogen and oxygen atoms in total. The Bertz CT molecular complexity index is 1820. The van der Waals surface area contributed by atoms with Crippen molar-refractivity contribution in [2.24, 2.45) is 5.92 Å². The molecule has 0 N–H and O–H groups in total. The summed E-state index contributed by atoms with van der Waals surface area (Å²) < 4.78 is 37.6. The van der Waals surface area contributed by atoms with Crippen LogP contribution in [-0.4, -0.2) is 78.1 Å². The van der Waals surface area contributed by atoms with E-state index >= 15 is 0 Å². The molecule has 48 heavy (non-hydrogen) atoms. The van der Waals surface area contributed by atoms with Gasteiger partial charge in [-0.05, 0) is 68.6 Å². The first kappa shape index (κ1) is 31.4. The summed E-state index contributed by atoms with van der Waals surface area (Å²) in [6.45, 7) is 7.65. The highest BCUT2D eigenvalue weighted by Crippen LogP contribution is 2.49. The molecule has 0 spiro atoms. The summed E-state index contributed by atoms with van der Waals surface area (Å²) in [5, 5.41) is 0.566. The third-order valence-electron chi connectivity index (χ3n) is 9.88. The minimum Gasteiger partial charge on any atom is -0.491 e. The quantitative estimate of drug-likeness (QED) is 0.194. The zero-order valence-electron chi connectivity index (χ0n) is 27.2. The topological polar surface area (TPSA) is 106 Å². The number of nitrogens with zero attached hydrogens (tertiary/aromatic N) is 4. The van der Waals surface area contributed by atoms with E-state index in [2.05, 4.69) is 20.5 Å². The number of esters is 1. The number of fused-ring (bicyclic) bond motifs is 2. The maximum absolute atomic E-state index is 12.7. The number of benzene rings is 2. The fourth-order valence-electron chi connectivity index (χ4n) is 6.95. The second-order valence-corrected chi connectivity index (χ2v) is 13.6. The van der Waals surface area contributed by atoms with E-state index in [9.17, 15) is 4.79 Å². The second-order valence-electron chi connectivity index (χ2n) is 13.2. The van der Waals surface area contributed by atoms with E-state index in [1.165, 1.54) is 7.11 Å². The van der Waals surface area contributed by atoms with Crippen molar-refractivity contribution in [3.63, 3.8) is 0 Å². The molecule has 0 unspecified atom stereocenters. The number of hydrogen-bond acceptors (Lipinski definition) is 10. The van der Waals surface area contributed by atoms with Gasteiger partial charge in [-0.25, -0.2) is 9.78 Å². The lowest BCUT2D eigenvalue weighted by Gasteiger charge is -2.33. The van der Waals surface area contributed by atoms with Gasteiger partial charge in [0.25, 0.3) is 5.79 Å². The van der Waals surface area contributed by atoms with Crippen molar-refractivity contribution >= 4 is 28.6 Å². The van der Waals surface area contributed by atoms with Crippen LogP contribution in [0.15, 0.2) is 48.7 Å². The lowest BCUT2D eigenvalue weighted by molar-refractivity contribution is -0.0722. The van der Waals surface area contributed by atoms with Gasteiger partial charge in [0, 0.05) is 31.2 Å². The number of ether oxygens (including phenoxy) is 6. The van der Waals surface area contributed by atoms with Crippen molar-refractivity contribution in [3.05, 3.63) is 76.3 Å². The number of likely N-dealkylation sites (tertiary alicyclic amines) is 1. The minimum atomic E-state index is -1.02. The predicted octanol–water partition coefficient (Wildman–Crippen LogP) is 5.71. The molecule has 3 fully saturated rings. The molecule has 2 atom stereocenters. The van der Waals surface area contributed by atoms with Gasteiger partial charge < -0.3 is 33.0 Å². The molecular weight excluding hydrogens is 636 g/mol.